The Hall–Kier alpha value is -0.520. The molecule has 0 aliphatic carbocycles. The van der Waals surface area contributed by atoms with Gasteiger partial charge in [0.2, 0.25) is 0 Å². The van der Waals surface area contributed by atoms with Crippen molar-refractivity contribution in [3.8, 4) is 0 Å². The zero-order valence-corrected chi connectivity index (χ0v) is 21.4. The lowest BCUT2D eigenvalue weighted by atomic mass is 10.1. The molecule has 4 nitrogen and oxygen atoms in total. The molecule has 0 aromatic heterocycles. The van der Waals surface area contributed by atoms with Crippen molar-refractivity contribution in [2.45, 2.75) is 128 Å². The number of thioether (sulfide) groups is 1. The zero-order valence-electron chi connectivity index (χ0n) is 20.6. The van der Waals surface area contributed by atoms with Gasteiger partial charge in [0.15, 0.2) is 6.10 Å². The third kappa shape index (κ3) is 9.47. The zero-order chi connectivity index (χ0) is 22.5. The summed E-state index contributed by atoms with van der Waals surface area (Å²) in [5, 5.41) is 0. The van der Waals surface area contributed by atoms with Gasteiger partial charge in [-0.2, -0.15) is 11.8 Å². The first kappa shape index (κ1) is 26.7. The number of hydrogen-bond donors (Lipinski definition) is 0. The lowest BCUT2D eigenvalue weighted by molar-refractivity contribution is -0.147. The Morgan fingerprint density at radius 1 is 1.03 bits per heavy atom. The van der Waals surface area contributed by atoms with Gasteiger partial charge in [0, 0.05) is 0 Å². The van der Waals surface area contributed by atoms with E-state index >= 15 is 0 Å². The Bertz CT molecular complexity index is 537. The van der Waals surface area contributed by atoms with E-state index in [-0.39, 0.29) is 24.2 Å². The quantitative estimate of drug-likeness (QED) is 0.139. The highest BCUT2D eigenvalue weighted by Crippen LogP contribution is 2.35. The van der Waals surface area contributed by atoms with Crippen molar-refractivity contribution in [2.75, 3.05) is 18.6 Å². The SMILES string of the molecule is CCCCCCCCCCCCC/C=C/[C@H]1O[C@@H]1C(=O)N1[C@@H](CCSC)COC1(C)C. The van der Waals surface area contributed by atoms with Gasteiger partial charge in [-0.1, -0.05) is 83.3 Å². The number of carbonyl (C=O) groups excluding carboxylic acids is 1. The number of amides is 1. The maximum absolute atomic E-state index is 13.0. The molecular formula is C26H47NO3S. The molecule has 0 bridgehead atoms. The average Bonchev–Trinajstić information content (AvgIpc) is 3.45. The first-order chi connectivity index (χ1) is 15.0. The van der Waals surface area contributed by atoms with Crippen LogP contribution in [0, 0.1) is 0 Å². The van der Waals surface area contributed by atoms with Crippen LogP contribution in [-0.4, -0.2) is 53.4 Å². The van der Waals surface area contributed by atoms with Crippen molar-refractivity contribution >= 4 is 17.7 Å². The Morgan fingerprint density at radius 2 is 1.65 bits per heavy atom. The standard InChI is InChI=1S/C26H47NO3S/c1-5-6-7-8-9-10-11-12-13-14-15-16-17-18-23-24(30-23)25(28)27-22(19-20-31-4)21-29-26(27,2)3/h17-18,22-24H,5-16,19-21H2,1-4H3/b18-17+/t22-,23+,24-/m0/s1. The van der Waals surface area contributed by atoms with E-state index in [2.05, 4.69) is 25.3 Å². The van der Waals surface area contributed by atoms with Crippen LogP contribution in [0.2, 0.25) is 0 Å². The molecule has 0 radical (unpaired) electrons. The van der Waals surface area contributed by atoms with Crippen LogP contribution in [0.4, 0.5) is 0 Å². The molecular weight excluding hydrogens is 406 g/mol. The minimum absolute atomic E-state index is 0.0437. The fraction of sp³-hybridized carbons (Fsp3) is 0.885. The largest absolute Gasteiger partial charge is 0.355 e. The van der Waals surface area contributed by atoms with Gasteiger partial charge in [-0.3, -0.25) is 4.79 Å². The highest BCUT2D eigenvalue weighted by atomic mass is 32.2. The van der Waals surface area contributed by atoms with Crippen LogP contribution >= 0.6 is 11.8 Å². The van der Waals surface area contributed by atoms with Gasteiger partial charge in [-0.15, -0.1) is 0 Å². The molecule has 0 saturated carbocycles. The molecule has 0 aromatic carbocycles. The summed E-state index contributed by atoms with van der Waals surface area (Å²) < 4.78 is 11.6. The predicted molar refractivity (Wildman–Crippen MR) is 133 cm³/mol. The van der Waals surface area contributed by atoms with Crippen molar-refractivity contribution < 1.29 is 14.3 Å². The van der Waals surface area contributed by atoms with Crippen LogP contribution in [0.15, 0.2) is 12.2 Å². The summed E-state index contributed by atoms with van der Waals surface area (Å²) in [6, 6.07) is 0.167. The Balaban J connectivity index is 1.54. The van der Waals surface area contributed by atoms with Crippen molar-refractivity contribution in [3.05, 3.63) is 12.2 Å². The lowest BCUT2D eigenvalue weighted by Gasteiger charge is -2.33. The van der Waals surface area contributed by atoms with Gasteiger partial charge >= 0.3 is 0 Å². The number of ether oxygens (including phenoxy) is 2. The summed E-state index contributed by atoms with van der Waals surface area (Å²) in [4.78, 5) is 15.0. The molecule has 31 heavy (non-hydrogen) atoms. The van der Waals surface area contributed by atoms with Crippen molar-refractivity contribution in [1.29, 1.82) is 0 Å². The molecule has 5 heteroatoms. The van der Waals surface area contributed by atoms with E-state index in [1.807, 2.05) is 30.5 Å². The van der Waals surface area contributed by atoms with Crippen LogP contribution in [0.3, 0.4) is 0 Å². The second-order valence-corrected chi connectivity index (χ2v) is 10.7. The first-order valence-electron chi connectivity index (χ1n) is 12.8. The van der Waals surface area contributed by atoms with Gasteiger partial charge < -0.3 is 14.4 Å². The summed E-state index contributed by atoms with van der Waals surface area (Å²) in [5.74, 6) is 1.14. The summed E-state index contributed by atoms with van der Waals surface area (Å²) in [5.41, 5.74) is -0.532. The van der Waals surface area contributed by atoms with E-state index in [4.69, 9.17) is 9.47 Å². The number of rotatable bonds is 17. The van der Waals surface area contributed by atoms with Gasteiger partial charge in [0.05, 0.1) is 12.6 Å². The maximum Gasteiger partial charge on any atom is 0.257 e. The Labute approximate surface area is 195 Å². The van der Waals surface area contributed by atoms with Gasteiger partial charge in [-0.25, -0.2) is 0 Å². The second-order valence-electron chi connectivity index (χ2n) is 9.67. The molecule has 3 atom stereocenters. The van der Waals surface area contributed by atoms with Crippen molar-refractivity contribution in [1.82, 2.24) is 4.90 Å². The fourth-order valence-corrected chi connectivity index (χ4v) is 5.07. The molecule has 2 heterocycles. The second kappa shape index (κ2) is 14.6. The molecule has 2 aliphatic heterocycles. The highest BCUT2D eigenvalue weighted by molar-refractivity contribution is 7.98. The van der Waals surface area contributed by atoms with E-state index < -0.39 is 5.72 Å². The van der Waals surface area contributed by atoms with Crippen molar-refractivity contribution in [2.24, 2.45) is 0 Å². The van der Waals surface area contributed by atoms with Crippen LogP contribution in [-0.2, 0) is 14.3 Å². The number of hydrogen-bond acceptors (Lipinski definition) is 4. The minimum Gasteiger partial charge on any atom is -0.355 e. The molecule has 2 aliphatic rings. The van der Waals surface area contributed by atoms with Crippen LogP contribution < -0.4 is 0 Å². The average molecular weight is 454 g/mol. The van der Waals surface area contributed by atoms with Gasteiger partial charge in [0.1, 0.15) is 11.8 Å². The first-order valence-corrected chi connectivity index (χ1v) is 14.2. The van der Waals surface area contributed by atoms with Crippen LogP contribution in [0.5, 0.6) is 0 Å². The molecule has 2 rings (SSSR count). The molecule has 2 fully saturated rings. The summed E-state index contributed by atoms with van der Waals surface area (Å²) in [6.45, 7) is 6.89. The molecule has 2 saturated heterocycles. The van der Waals surface area contributed by atoms with E-state index in [1.54, 1.807) is 0 Å². The summed E-state index contributed by atoms with van der Waals surface area (Å²) in [7, 11) is 0. The number of unbranched alkanes of at least 4 members (excludes halogenated alkanes) is 11. The lowest BCUT2D eigenvalue weighted by Crippen LogP contribution is -2.50. The maximum atomic E-state index is 13.0. The normalized spacial score (nSPS) is 24.9. The molecule has 180 valence electrons. The Kier molecular flexibility index (Phi) is 12.6. The number of carbonyl (C=O) groups is 1. The molecule has 1 amide bonds. The van der Waals surface area contributed by atoms with Gasteiger partial charge in [0.25, 0.3) is 5.91 Å². The minimum atomic E-state index is -0.532. The number of nitrogens with zero attached hydrogens (tertiary/aromatic N) is 1. The van der Waals surface area contributed by atoms with E-state index in [0.717, 1.165) is 18.6 Å². The van der Waals surface area contributed by atoms with Crippen LogP contribution in [0.1, 0.15) is 104 Å². The Morgan fingerprint density at radius 3 is 2.26 bits per heavy atom. The summed E-state index contributed by atoms with van der Waals surface area (Å²) in [6.07, 6.45) is 23.2. The molecule has 0 spiro atoms. The molecule has 0 aromatic rings. The van der Waals surface area contributed by atoms with E-state index in [0.29, 0.717) is 6.61 Å². The highest BCUT2D eigenvalue weighted by Gasteiger charge is 2.52. The third-order valence-electron chi connectivity index (χ3n) is 6.54. The third-order valence-corrected chi connectivity index (χ3v) is 7.18. The van der Waals surface area contributed by atoms with Crippen molar-refractivity contribution in [3.63, 3.8) is 0 Å². The monoisotopic (exact) mass is 453 g/mol. The predicted octanol–water partition coefficient (Wildman–Crippen LogP) is 6.73. The summed E-state index contributed by atoms with van der Waals surface area (Å²) >= 11 is 1.82. The topological polar surface area (TPSA) is 42.1 Å². The number of allylic oxidation sites excluding steroid dienone is 1. The number of epoxide rings is 1. The molecule has 0 N–H and O–H groups in total. The van der Waals surface area contributed by atoms with E-state index in [9.17, 15) is 4.79 Å². The van der Waals surface area contributed by atoms with Gasteiger partial charge in [-0.05, 0) is 45.1 Å². The van der Waals surface area contributed by atoms with E-state index in [1.165, 1.54) is 70.6 Å². The van der Waals surface area contributed by atoms with Crippen LogP contribution in [0.25, 0.3) is 0 Å². The smallest absolute Gasteiger partial charge is 0.257 e. The molecule has 0 unspecified atom stereocenters. The fourth-order valence-electron chi connectivity index (χ4n) is 4.56.